The molecule has 0 saturated carbocycles. The second kappa shape index (κ2) is 15.4. The maximum absolute atomic E-state index is 10.6. The summed E-state index contributed by atoms with van der Waals surface area (Å²) >= 11 is 0. The first-order valence-electron chi connectivity index (χ1n) is 15.0. The SMILES string of the molecule is COc1cc(C[C@H](CCc2cc(O)c(O)c(O)c2)[C@H](Cc2cc(OC)c(OC)c(OC)c2)c2cc(O)c(O)c(O)c2)cc(OC)c1OC. The topological polar surface area (TPSA) is 177 Å². The lowest BCUT2D eigenvalue weighted by Crippen LogP contribution is -2.20. The van der Waals surface area contributed by atoms with Crippen LogP contribution in [0.3, 0.4) is 0 Å². The van der Waals surface area contributed by atoms with Crippen LogP contribution in [0, 0.1) is 5.92 Å². The summed E-state index contributed by atoms with van der Waals surface area (Å²) in [6.07, 6.45) is 1.59. The molecule has 6 N–H and O–H groups in total. The zero-order chi connectivity index (χ0) is 35.1. The van der Waals surface area contributed by atoms with Crippen LogP contribution in [0.15, 0.2) is 48.5 Å². The number of methoxy groups -OCH3 is 6. The van der Waals surface area contributed by atoms with Crippen molar-refractivity contribution in [1.82, 2.24) is 0 Å². The van der Waals surface area contributed by atoms with E-state index in [1.54, 1.807) is 0 Å². The standard InChI is InChI=1S/C36H42O12/c1-43-29-13-20(14-30(44-2)35(29)47-5)9-22(8-7-19-11-25(37)33(41)26(38)12-19)24(23-17-27(39)34(42)28(40)18-23)10-21-15-31(45-3)36(48-6)32(16-21)46-4/h11-18,22,24,37-42H,7-10H2,1-6H3/t22-,24-/m0/s1. The Hall–Kier alpha value is -5.52. The van der Waals surface area contributed by atoms with Gasteiger partial charge in [-0.05, 0) is 108 Å². The van der Waals surface area contributed by atoms with Gasteiger partial charge in [0.2, 0.25) is 11.5 Å². The molecule has 0 unspecified atom stereocenters. The first kappa shape index (κ1) is 35.3. The molecule has 4 aromatic carbocycles. The van der Waals surface area contributed by atoms with Crippen LogP contribution in [0.25, 0.3) is 0 Å². The number of rotatable bonds is 15. The third kappa shape index (κ3) is 7.54. The molecule has 0 aromatic heterocycles. The maximum atomic E-state index is 10.6. The minimum Gasteiger partial charge on any atom is -0.504 e. The van der Waals surface area contributed by atoms with E-state index in [2.05, 4.69) is 0 Å². The molecule has 4 aromatic rings. The third-order valence-electron chi connectivity index (χ3n) is 8.43. The quantitative estimate of drug-likeness (QED) is 0.0844. The molecule has 0 amide bonds. The molecule has 258 valence electrons. The van der Waals surface area contributed by atoms with E-state index in [0.29, 0.717) is 71.3 Å². The minimum atomic E-state index is -0.637. The van der Waals surface area contributed by atoms with Gasteiger partial charge in [0, 0.05) is 0 Å². The van der Waals surface area contributed by atoms with Crippen LogP contribution in [0.2, 0.25) is 0 Å². The van der Waals surface area contributed by atoms with Crippen molar-refractivity contribution in [1.29, 1.82) is 0 Å². The van der Waals surface area contributed by atoms with Crippen molar-refractivity contribution in [2.45, 2.75) is 31.6 Å². The Morgan fingerprint density at radius 3 is 1.21 bits per heavy atom. The van der Waals surface area contributed by atoms with Gasteiger partial charge >= 0.3 is 0 Å². The highest BCUT2D eigenvalue weighted by Crippen LogP contribution is 2.46. The van der Waals surface area contributed by atoms with E-state index >= 15 is 0 Å². The second-order valence-electron chi connectivity index (χ2n) is 11.3. The molecule has 0 spiro atoms. The molecule has 0 saturated heterocycles. The molecule has 0 aliphatic rings. The van der Waals surface area contributed by atoms with Crippen molar-refractivity contribution in [3.8, 4) is 69.0 Å². The van der Waals surface area contributed by atoms with E-state index in [-0.39, 0.29) is 5.92 Å². The predicted octanol–water partition coefficient (Wildman–Crippen LogP) is 5.79. The number of phenolic OH excluding ortho intramolecular Hbond substituents is 6. The molecule has 0 heterocycles. The van der Waals surface area contributed by atoms with Crippen LogP contribution in [-0.2, 0) is 19.3 Å². The predicted molar refractivity (Wildman–Crippen MR) is 177 cm³/mol. The van der Waals surface area contributed by atoms with Crippen LogP contribution in [0.4, 0.5) is 0 Å². The number of hydrogen-bond acceptors (Lipinski definition) is 12. The Bertz CT molecular complexity index is 1640. The van der Waals surface area contributed by atoms with Crippen molar-refractivity contribution >= 4 is 0 Å². The fourth-order valence-corrected chi connectivity index (χ4v) is 6.06. The van der Waals surface area contributed by atoms with Gasteiger partial charge in [-0.2, -0.15) is 0 Å². The summed E-state index contributed by atoms with van der Waals surface area (Å²) in [5.41, 5.74) is 2.72. The average molecular weight is 667 g/mol. The van der Waals surface area contributed by atoms with Gasteiger partial charge in [0.05, 0.1) is 42.7 Å². The summed E-state index contributed by atoms with van der Waals surface area (Å²) in [5, 5.41) is 61.7. The zero-order valence-electron chi connectivity index (χ0n) is 27.7. The van der Waals surface area contributed by atoms with Gasteiger partial charge in [0.1, 0.15) is 0 Å². The molecular weight excluding hydrogens is 624 g/mol. The molecule has 0 aliphatic carbocycles. The third-order valence-corrected chi connectivity index (χ3v) is 8.43. The Labute approximate surface area is 278 Å². The molecule has 48 heavy (non-hydrogen) atoms. The van der Waals surface area contributed by atoms with E-state index < -0.39 is 40.4 Å². The first-order chi connectivity index (χ1) is 23.0. The molecule has 2 atom stereocenters. The average Bonchev–Trinajstić information content (AvgIpc) is 3.08. The Balaban J connectivity index is 1.89. The summed E-state index contributed by atoms with van der Waals surface area (Å²) in [4.78, 5) is 0. The van der Waals surface area contributed by atoms with Crippen LogP contribution < -0.4 is 28.4 Å². The monoisotopic (exact) mass is 666 g/mol. The normalized spacial score (nSPS) is 12.2. The smallest absolute Gasteiger partial charge is 0.203 e. The van der Waals surface area contributed by atoms with E-state index in [0.717, 1.165) is 11.1 Å². The van der Waals surface area contributed by atoms with Gasteiger partial charge in [-0.1, -0.05) is 0 Å². The fraction of sp³-hybridized carbons (Fsp3) is 0.333. The highest BCUT2D eigenvalue weighted by molar-refractivity contribution is 5.56. The Morgan fingerprint density at radius 1 is 0.458 bits per heavy atom. The largest absolute Gasteiger partial charge is 0.504 e. The first-order valence-corrected chi connectivity index (χ1v) is 15.0. The maximum Gasteiger partial charge on any atom is 0.203 e. The summed E-state index contributed by atoms with van der Waals surface area (Å²) in [5.74, 6) is -1.17. The van der Waals surface area contributed by atoms with Crippen LogP contribution >= 0.6 is 0 Å². The molecule has 0 fully saturated rings. The summed E-state index contributed by atoms with van der Waals surface area (Å²) in [6, 6.07) is 12.9. The van der Waals surface area contributed by atoms with Crippen LogP contribution in [0.1, 0.15) is 34.6 Å². The van der Waals surface area contributed by atoms with E-state index in [1.807, 2.05) is 24.3 Å². The number of ether oxygens (including phenoxy) is 6. The molecular formula is C36H42O12. The molecule has 12 nitrogen and oxygen atoms in total. The van der Waals surface area contributed by atoms with E-state index in [1.165, 1.54) is 66.9 Å². The zero-order valence-corrected chi connectivity index (χ0v) is 27.7. The van der Waals surface area contributed by atoms with Crippen molar-refractivity contribution < 1.29 is 59.1 Å². The molecule has 0 bridgehead atoms. The minimum absolute atomic E-state index is 0.270. The van der Waals surface area contributed by atoms with Gasteiger partial charge in [-0.15, -0.1) is 0 Å². The highest BCUT2D eigenvalue weighted by atomic mass is 16.5. The number of aryl methyl sites for hydroxylation is 1. The molecule has 12 heteroatoms. The van der Waals surface area contributed by atoms with E-state index in [4.69, 9.17) is 28.4 Å². The van der Waals surface area contributed by atoms with Gasteiger partial charge < -0.3 is 59.1 Å². The summed E-state index contributed by atoms with van der Waals surface area (Å²) < 4.78 is 33.5. The van der Waals surface area contributed by atoms with Crippen molar-refractivity contribution in [2.24, 2.45) is 5.92 Å². The number of hydrogen-bond donors (Lipinski definition) is 6. The molecule has 0 aliphatic heterocycles. The van der Waals surface area contributed by atoms with Crippen LogP contribution in [0.5, 0.6) is 69.0 Å². The Morgan fingerprint density at radius 2 is 0.833 bits per heavy atom. The number of benzene rings is 4. The molecule has 0 radical (unpaired) electrons. The lowest BCUT2D eigenvalue weighted by Gasteiger charge is -2.30. The van der Waals surface area contributed by atoms with Gasteiger partial charge in [0.15, 0.2) is 57.5 Å². The van der Waals surface area contributed by atoms with Crippen molar-refractivity contribution in [3.05, 3.63) is 70.8 Å². The molecule has 4 rings (SSSR count). The second-order valence-corrected chi connectivity index (χ2v) is 11.3. The van der Waals surface area contributed by atoms with Crippen molar-refractivity contribution in [3.63, 3.8) is 0 Å². The lowest BCUT2D eigenvalue weighted by molar-refractivity contribution is 0.321. The number of phenols is 6. The number of aromatic hydroxyl groups is 6. The summed E-state index contributed by atoms with van der Waals surface area (Å²) in [6.45, 7) is 0. The van der Waals surface area contributed by atoms with Gasteiger partial charge in [-0.3, -0.25) is 0 Å². The van der Waals surface area contributed by atoms with Crippen LogP contribution in [-0.4, -0.2) is 73.3 Å². The van der Waals surface area contributed by atoms with Gasteiger partial charge in [0.25, 0.3) is 0 Å². The fourth-order valence-electron chi connectivity index (χ4n) is 6.06. The lowest BCUT2D eigenvalue weighted by atomic mass is 9.75. The van der Waals surface area contributed by atoms with Gasteiger partial charge in [-0.25, -0.2) is 0 Å². The summed E-state index contributed by atoms with van der Waals surface area (Å²) in [7, 11) is 9.11. The van der Waals surface area contributed by atoms with Crippen molar-refractivity contribution in [2.75, 3.05) is 42.7 Å². The van der Waals surface area contributed by atoms with E-state index in [9.17, 15) is 30.6 Å². The Kier molecular flexibility index (Phi) is 11.3. The highest BCUT2D eigenvalue weighted by Gasteiger charge is 2.29.